The monoisotopic (exact) mass is 404 g/mol. The van der Waals surface area contributed by atoms with Crippen LogP contribution in [-0.4, -0.2) is 35.7 Å². The van der Waals surface area contributed by atoms with Crippen LogP contribution in [0.3, 0.4) is 0 Å². The molecular weight excluding hydrogens is 378 g/mol. The van der Waals surface area contributed by atoms with E-state index in [1.54, 1.807) is 0 Å². The van der Waals surface area contributed by atoms with E-state index in [9.17, 15) is 4.79 Å². The number of rotatable bonds is 6. The summed E-state index contributed by atoms with van der Waals surface area (Å²) in [6.07, 6.45) is 0.0476. The summed E-state index contributed by atoms with van der Waals surface area (Å²) >= 11 is 0. The van der Waals surface area contributed by atoms with E-state index in [2.05, 4.69) is 42.8 Å². The Morgan fingerprint density at radius 1 is 1.13 bits per heavy atom. The molecule has 30 heavy (non-hydrogen) atoms. The lowest BCUT2D eigenvalue weighted by atomic mass is 10.1. The number of nitrogens with one attached hydrogen (secondary N) is 1. The molecule has 154 valence electrons. The normalized spacial score (nSPS) is 11.3. The second-order valence-electron chi connectivity index (χ2n) is 7.38. The number of hydrogen-bond acceptors (Lipinski definition) is 4. The van der Waals surface area contributed by atoms with E-state index >= 15 is 0 Å². The molecule has 0 unspecified atom stereocenters. The average molecular weight is 404 g/mol. The fourth-order valence-corrected chi connectivity index (χ4v) is 3.95. The maximum Gasteiger partial charge on any atom is 0.305 e. The molecule has 6 heteroatoms. The van der Waals surface area contributed by atoms with Crippen molar-refractivity contribution in [1.29, 1.82) is 0 Å². The molecule has 0 saturated heterocycles. The van der Waals surface area contributed by atoms with Gasteiger partial charge in [0.05, 0.1) is 12.5 Å². The second-order valence-corrected chi connectivity index (χ2v) is 7.38. The first-order chi connectivity index (χ1) is 14.5. The standard InChI is InChI=1S/C24H25N3O3/c1-4-27(5-2)20-14-21-19(12-15(20)3)26-24-17-9-7-6-8-16(17)18(13-22(24)30-21)25-11-10-23(28)29/h6-9,12-14H,4-5,10-11H2,1-3H3,(H,28,29)/p+1. The van der Waals surface area contributed by atoms with E-state index in [0.29, 0.717) is 12.1 Å². The molecule has 4 rings (SSSR count). The summed E-state index contributed by atoms with van der Waals surface area (Å²) in [7, 11) is 0. The molecule has 6 nitrogen and oxygen atoms in total. The SMILES string of the molecule is CC[N+](CC)=c1cc2oc3cc(NCCC(=O)O)c4ccccc4c3nc-2cc1C. The Balaban J connectivity index is 1.97. The van der Waals surface area contributed by atoms with Crippen molar-refractivity contribution in [1.82, 2.24) is 9.56 Å². The first-order valence-electron chi connectivity index (χ1n) is 10.3. The van der Waals surface area contributed by atoms with Crippen LogP contribution in [0.1, 0.15) is 25.8 Å². The van der Waals surface area contributed by atoms with E-state index in [-0.39, 0.29) is 6.42 Å². The smallest absolute Gasteiger partial charge is 0.305 e. The van der Waals surface area contributed by atoms with Crippen LogP contribution in [0.4, 0.5) is 5.69 Å². The predicted octanol–water partition coefficient (Wildman–Crippen LogP) is 4.09. The highest BCUT2D eigenvalue weighted by molar-refractivity contribution is 6.10. The molecule has 0 radical (unpaired) electrons. The lowest BCUT2D eigenvalue weighted by Crippen LogP contribution is -2.31. The number of carboxylic acids is 1. The summed E-state index contributed by atoms with van der Waals surface area (Å²) in [5.74, 6) is -0.0917. The molecule has 1 heterocycles. The quantitative estimate of drug-likeness (QED) is 0.287. The van der Waals surface area contributed by atoms with Gasteiger partial charge < -0.3 is 14.8 Å². The van der Waals surface area contributed by atoms with Crippen LogP contribution in [0.5, 0.6) is 0 Å². The zero-order valence-electron chi connectivity index (χ0n) is 17.5. The minimum absolute atomic E-state index is 0.0476. The van der Waals surface area contributed by atoms with Gasteiger partial charge in [-0.1, -0.05) is 24.3 Å². The highest BCUT2D eigenvalue weighted by Crippen LogP contribution is 2.34. The highest BCUT2D eigenvalue weighted by atomic mass is 16.4. The molecule has 0 spiro atoms. The Morgan fingerprint density at radius 3 is 2.57 bits per heavy atom. The van der Waals surface area contributed by atoms with Crippen LogP contribution < -0.4 is 15.2 Å². The number of aryl methyl sites for hydroxylation is 1. The summed E-state index contributed by atoms with van der Waals surface area (Å²) in [5, 5.41) is 15.3. The molecule has 0 saturated carbocycles. The summed E-state index contributed by atoms with van der Waals surface area (Å²) in [6, 6.07) is 14.0. The highest BCUT2D eigenvalue weighted by Gasteiger charge is 2.17. The van der Waals surface area contributed by atoms with E-state index in [1.807, 2.05) is 30.3 Å². The average Bonchev–Trinajstić information content (AvgIpc) is 2.74. The molecule has 2 aliphatic rings. The largest absolute Gasteiger partial charge is 0.481 e. The molecule has 1 aliphatic heterocycles. The van der Waals surface area contributed by atoms with Gasteiger partial charge in [0.15, 0.2) is 11.3 Å². The molecule has 1 aliphatic carbocycles. The maximum absolute atomic E-state index is 10.9. The van der Waals surface area contributed by atoms with E-state index in [4.69, 9.17) is 14.5 Å². The second kappa shape index (κ2) is 8.14. The van der Waals surface area contributed by atoms with Crippen molar-refractivity contribution in [2.75, 3.05) is 25.0 Å². The Kier molecular flexibility index (Phi) is 5.40. The molecule has 2 N–H and O–H groups in total. The van der Waals surface area contributed by atoms with Crippen LogP contribution in [0, 0.1) is 6.92 Å². The lowest BCUT2D eigenvalue weighted by molar-refractivity contribution is -0.136. The van der Waals surface area contributed by atoms with Crippen molar-refractivity contribution in [2.24, 2.45) is 0 Å². The number of benzene rings is 3. The molecule has 0 fully saturated rings. The van der Waals surface area contributed by atoms with Crippen molar-refractivity contribution in [3.8, 4) is 11.5 Å². The van der Waals surface area contributed by atoms with Gasteiger partial charge in [-0.05, 0) is 26.8 Å². The molecule has 2 aromatic rings. The van der Waals surface area contributed by atoms with Crippen molar-refractivity contribution < 1.29 is 14.3 Å². The van der Waals surface area contributed by atoms with Gasteiger partial charge in [0.1, 0.15) is 24.3 Å². The van der Waals surface area contributed by atoms with E-state index in [0.717, 1.165) is 51.9 Å². The van der Waals surface area contributed by atoms with Gasteiger partial charge in [-0.2, -0.15) is 0 Å². The summed E-state index contributed by atoms with van der Waals surface area (Å²) in [5.41, 5.74) is 4.32. The molecule has 0 bridgehead atoms. The van der Waals surface area contributed by atoms with E-state index < -0.39 is 5.97 Å². The maximum atomic E-state index is 10.9. The van der Waals surface area contributed by atoms with Crippen LogP contribution >= 0.6 is 0 Å². The summed E-state index contributed by atoms with van der Waals surface area (Å²) in [6.45, 7) is 8.58. The van der Waals surface area contributed by atoms with Gasteiger partial charge in [-0.15, -0.1) is 0 Å². The number of aliphatic carboxylic acids is 1. The topological polar surface area (TPSA) is 78.4 Å². The third-order valence-corrected chi connectivity index (χ3v) is 5.47. The fourth-order valence-electron chi connectivity index (χ4n) is 3.95. The van der Waals surface area contributed by atoms with Gasteiger partial charge in [-0.25, -0.2) is 9.56 Å². The number of hydrogen-bond donors (Lipinski definition) is 2. The minimum Gasteiger partial charge on any atom is -0.481 e. The molecule has 0 atom stereocenters. The fraction of sp³-hybridized carbons (Fsp3) is 0.292. The van der Waals surface area contributed by atoms with E-state index in [1.165, 1.54) is 5.56 Å². The van der Waals surface area contributed by atoms with Gasteiger partial charge >= 0.3 is 5.97 Å². The third kappa shape index (κ3) is 3.61. The number of nitrogens with zero attached hydrogens (tertiary/aromatic N) is 2. The number of fused-ring (bicyclic) bond motifs is 4. The first-order valence-corrected chi connectivity index (χ1v) is 10.3. The van der Waals surface area contributed by atoms with Crippen molar-refractivity contribution in [3.63, 3.8) is 0 Å². The van der Waals surface area contributed by atoms with Gasteiger partial charge in [0, 0.05) is 34.6 Å². The Hall–Kier alpha value is -3.41. The van der Waals surface area contributed by atoms with Crippen molar-refractivity contribution >= 4 is 33.5 Å². The summed E-state index contributed by atoms with van der Waals surface area (Å²) < 4.78 is 8.61. The number of carbonyl (C=O) groups is 1. The molecule has 2 aromatic carbocycles. The van der Waals surface area contributed by atoms with Crippen molar-refractivity contribution in [3.05, 3.63) is 53.4 Å². The molecule has 0 aromatic heterocycles. The Bertz CT molecular complexity index is 1280. The zero-order valence-corrected chi connectivity index (χ0v) is 17.5. The summed E-state index contributed by atoms with van der Waals surface area (Å²) in [4.78, 5) is 15.8. The zero-order chi connectivity index (χ0) is 21.3. The van der Waals surface area contributed by atoms with Gasteiger partial charge in [-0.3, -0.25) is 4.79 Å². The van der Waals surface area contributed by atoms with Crippen LogP contribution in [0.25, 0.3) is 33.3 Å². The van der Waals surface area contributed by atoms with Gasteiger partial charge in [0.25, 0.3) is 0 Å². The Morgan fingerprint density at radius 2 is 1.87 bits per heavy atom. The molecule has 0 amide bonds. The Labute approximate surface area is 174 Å². The number of aromatic nitrogens is 1. The minimum atomic E-state index is -0.829. The van der Waals surface area contributed by atoms with Gasteiger partial charge in [0.2, 0.25) is 5.36 Å². The predicted molar refractivity (Wildman–Crippen MR) is 120 cm³/mol. The van der Waals surface area contributed by atoms with Crippen LogP contribution in [-0.2, 0) is 4.79 Å². The first kappa shape index (κ1) is 19.9. The number of carboxylic acid groups (broad SMARTS) is 1. The third-order valence-electron chi connectivity index (χ3n) is 5.47. The van der Waals surface area contributed by atoms with Crippen LogP contribution in [0.15, 0.2) is 46.9 Å². The van der Waals surface area contributed by atoms with Crippen LogP contribution in [0.2, 0.25) is 0 Å². The van der Waals surface area contributed by atoms with Crippen molar-refractivity contribution in [2.45, 2.75) is 27.2 Å². The molecular formula is C24H26N3O3+. The number of anilines is 1. The lowest BCUT2D eigenvalue weighted by Gasteiger charge is -2.13.